The van der Waals surface area contributed by atoms with Gasteiger partial charge in [-0.25, -0.2) is 4.39 Å². The number of hydrogen-bond donors (Lipinski definition) is 2. The third-order valence-corrected chi connectivity index (χ3v) is 4.54. The number of hydrogen-bond acceptors (Lipinski definition) is 5. The first-order valence-corrected chi connectivity index (χ1v) is 9.89. The number of benzene rings is 2. The van der Waals surface area contributed by atoms with E-state index >= 15 is 0 Å². The van der Waals surface area contributed by atoms with Crippen LogP contribution in [0.1, 0.15) is 26.3 Å². The van der Waals surface area contributed by atoms with Gasteiger partial charge in [0.15, 0.2) is 0 Å². The molecule has 0 aromatic heterocycles. The Morgan fingerprint density at radius 2 is 1.61 bits per heavy atom. The van der Waals surface area contributed by atoms with Crippen molar-refractivity contribution in [2.75, 3.05) is 23.8 Å². The zero-order valence-electron chi connectivity index (χ0n) is 17.6. The lowest BCUT2D eigenvalue weighted by Gasteiger charge is -2.16. The summed E-state index contributed by atoms with van der Waals surface area (Å²) in [7, 11) is 0. The van der Waals surface area contributed by atoms with Crippen molar-refractivity contribution in [2.45, 2.75) is 26.9 Å². The summed E-state index contributed by atoms with van der Waals surface area (Å²) in [5, 5.41) is 5.62. The molecule has 8 heteroatoms. The van der Waals surface area contributed by atoms with E-state index in [0.717, 1.165) is 4.90 Å². The van der Waals surface area contributed by atoms with E-state index in [1.54, 1.807) is 24.3 Å². The van der Waals surface area contributed by atoms with Crippen molar-refractivity contribution in [1.82, 2.24) is 4.90 Å². The standard InChI is InChI=1S/C23H24FN3O4/c1-14(2)31-13-12-27-22(29)20(16-4-8-18(9-5-16)25-15(3)28)21(23(27)30)26-19-10-6-17(24)7-11-19/h4-11,14,26H,12-13H2,1-3H3,(H,25,28). The molecule has 0 unspecified atom stereocenters. The van der Waals surface area contributed by atoms with Gasteiger partial charge in [0.2, 0.25) is 5.91 Å². The van der Waals surface area contributed by atoms with Gasteiger partial charge in [0.1, 0.15) is 11.5 Å². The molecule has 162 valence electrons. The van der Waals surface area contributed by atoms with Crippen LogP contribution in [0.4, 0.5) is 15.8 Å². The third-order valence-electron chi connectivity index (χ3n) is 4.54. The molecule has 1 aliphatic heterocycles. The van der Waals surface area contributed by atoms with E-state index in [-0.39, 0.29) is 36.4 Å². The van der Waals surface area contributed by atoms with Crippen molar-refractivity contribution in [1.29, 1.82) is 0 Å². The molecule has 0 bridgehead atoms. The lowest BCUT2D eigenvalue weighted by molar-refractivity contribution is -0.138. The molecule has 7 nitrogen and oxygen atoms in total. The summed E-state index contributed by atoms with van der Waals surface area (Å²) in [6.07, 6.45) is -0.0293. The average Bonchev–Trinajstić information content (AvgIpc) is 2.94. The highest BCUT2D eigenvalue weighted by molar-refractivity contribution is 6.36. The lowest BCUT2D eigenvalue weighted by Crippen LogP contribution is -2.35. The summed E-state index contributed by atoms with van der Waals surface area (Å²) >= 11 is 0. The van der Waals surface area contributed by atoms with Gasteiger partial charge >= 0.3 is 0 Å². The molecule has 2 aromatic rings. The van der Waals surface area contributed by atoms with E-state index in [4.69, 9.17) is 4.74 Å². The van der Waals surface area contributed by atoms with Crippen molar-refractivity contribution < 1.29 is 23.5 Å². The van der Waals surface area contributed by atoms with E-state index in [1.807, 2.05) is 13.8 Å². The molecule has 2 aromatic carbocycles. The van der Waals surface area contributed by atoms with Crippen molar-refractivity contribution in [2.24, 2.45) is 0 Å². The molecule has 1 aliphatic rings. The normalized spacial score (nSPS) is 13.9. The highest BCUT2D eigenvalue weighted by Gasteiger charge is 2.39. The highest BCUT2D eigenvalue weighted by Crippen LogP contribution is 2.31. The number of carbonyl (C=O) groups excluding carboxylic acids is 3. The molecular weight excluding hydrogens is 401 g/mol. The van der Waals surface area contributed by atoms with E-state index in [0.29, 0.717) is 16.9 Å². The van der Waals surface area contributed by atoms with Crippen molar-refractivity contribution in [3.63, 3.8) is 0 Å². The van der Waals surface area contributed by atoms with Gasteiger partial charge in [-0.05, 0) is 55.8 Å². The molecule has 0 fully saturated rings. The number of halogens is 1. The number of rotatable bonds is 8. The van der Waals surface area contributed by atoms with Crippen LogP contribution in [0.2, 0.25) is 0 Å². The van der Waals surface area contributed by atoms with E-state index in [9.17, 15) is 18.8 Å². The lowest BCUT2D eigenvalue weighted by atomic mass is 10.0. The second kappa shape index (κ2) is 9.53. The van der Waals surface area contributed by atoms with Crippen LogP contribution < -0.4 is 10.6 Å². The number of carbonyl (C=O) groups is 3. The van der Waals surface area contributed by atoms with Crippen LogP contribution in [0.5, 0.6) is 0 Å². The molecular formula is C23H24FN3O4. The van der Waals surface area contributed by atoms with E-state index in [1.165, 1.54) is 31.2 Å². The monoisotopic (exact) mass is 425 g/mol. The van der Waals surface area contributed by atoms with Gasteiger partial charge in [-0.2, -0.15) is 0 Å². The smallest absolute Gasteiger partial charge is 0.278 e. The zero-order valence-corrected chi connectivity index (χ0v) is 17.6. The summed E-state index contributed by atoms with van der Waals surface area (Å²) in [6, 6.07) is 12.1. The SMILES string of the molecule is CC(=O)Nc1ccc(C2=C(Nc3ccc(F)cc3)C(=O)N(CCOC(C)C)C2=O)cc1. The van der Waals surface area contributed by atoms with Gasteiger partial charge in [-0.15, -0.1) is 0 Å². The number of nitrogens with zero attached hydrogens (tertiary/aromatic N) is 1. The maximum Gasteiger partial charge on any atom is 0.278 e. The van der Waals surface area contributed by atoms with Crippen LogP contribution in [0, 0.1) is 5.82 Å². The molecule has 31 heavy (non-hydrogen) atoms. The largest absolute Gasteiger partial charge is 0.377 e. The van der Waals surface area contributed by atoms with Crippen LogP contribution in [-0.2, 0) is 19.1 Å². The number of ether oxygens (including phenoxy) is 1. The minimum Gasteiger partial charge on any atom is -0.377 e. The molecule has 0 atom stereocenters. The van der Waals surface area contributed by atoms with Crippen LogP contribution in [0.15, 0.2) is 54.2 Å². The maximum absolute atomic E-state index is 13.3. The first-order valence-electron chi connectivity index (χ1n) is 9.89. The Kier molecular flexibility index (Phi) is 6.81. The second-order valence-corrected chi connectivity index (χ2v) is 7.32. The molecule has 2 N–H and O–H groups in total. The summed E-state index contributed by atoms with van der Waals surface area (Å²) in [6.45, 7) is 5.47. The molecule has 0 saturated carbocycles. The average molecular weight is 425 g/mol. The van der Waals surface area contributed by atoms with Gasteiger partial charge in [0, 0.05) is 18.3 Å². The molecule has 3 amide bonds. The number of anilines is 2. The molecule has 1 heterocycles. The van der Waals surface area contributed by atoms with Gasteiger partial charge in [0.25, 0.3) is 11.8 Å². The Balaban J connectivity index is 1.94. The Morgan fingerprint density at radius 3 is 2.19 bits per heavy atom. The van der Waals surface area contributed by atoms with E-state index < -0.39 is 17.6 Å². The molecule has 3 rings (SSSR count). The molecule has 0 aliphatic carbocycles. The predicted molar refractivity (Wildman–Crippen MR) is 115 cm³/mol. The summed E-state index contributed by atoms with van der Waals surface area (Å²) in [5.74, 6) is -1.56. The predicted octanol–water partition coefficient (Wildman–Crippen LogP) is 3.40. The molecule has 0 saturated heterocycles. The fraction of sp³-hybridized carbons (Fsp3) is 0.261. The Morgan fingerprint density at radius 1 is 1.00 bits per heavy atom. The first-order chi connectivity index (χ1) is 14.8. The number of nitrogens with one attached hydrogen (secondary N) is 2. The minimum atomic E-state index is -0.484. The molecule has 0 radical (unpaired) electrons. The van der Waals surface area contributed by atoms with E-state index in [2.05, 4.69) is 10.6 Å². The quantitative estimate of drug-likeness (QED) is 0.633. The van der Waals surface area contributed by atoms with Gasteiger partial charge in [-0.3, -0.25) is 19.3 Å². The fourth-order valence-corrected chi connectivity index (χ4v) is 3.14. The van der Waals surface area contributed by atoms with Crippen LogP contribution >= 0.6 is 0 Å². The number of amides is 3. The number of imide groups is 1. The third kappa shape index (κ3) is 5.35. The zero-order chi connectivity index (χ0) is 22.5. The van der Waals surface area contributed by atoms with Gasteiger partial charge in [-0.1, -0.05) is 12.1 Å². The van der Waals surface area contributed by atoms with Crippen LogP contribution in [0.3, 0.4) is 0 Å². The van der Waals surface area contributed by atoms with Crippen molar-refractivity contribution >= 4 is 34.7 Å². The topological polar surface area (TPSA) is 87.7 Å². The fourth-order valence-electron chi connectivity index (χ4n) is 3.14. The van der Waals surface area contributed by atoms with Crippen molar-refractivity contribution in [3.05, 3.63) is 65.6 Å². The minimum absolute atomic E-state index is 0.0293. The maximum atomic E-state index is 13.3. The second-order valence-electron chi connectivity index (χ2n) is 7.32. The van der Waals surface area contributed by atoms with Crippen LogP contribution in [0.25, 0.3) is 5.57 Å². The van der Waals surface area contributed by atoms with Gasteiger partial charge in [0.05, 0.1) is 24.8 Å². The Hall–Kier alpha value is -3.52. The summed E-state index contributed by atoms with van der Waals surface area (Å²) in [5.41, 5.74) is 1.88. The Labute approximate surface area is 179 Å². The summed E-state index contributed by atoms with van der Waals surface area (Å²) < 4.78 is 18.8. The van der Waals surface area contributed by atoms with Crippen molar-refractivity contribution in [3.8, 4) is 0 Å². The van der Waals surface area contributed by atoms with Crippen LogP contribution in [-0.4, -0.2) is 41.9 Å². The first kappa shape index (κ1) is 22.2. The highest BCUT2D eigenvalue weighted by atomic mass is 19.1. The summed E-state index contributed by atoms with van der Waals surface area (Å²) in [4.78, 5) is 38.6. The Bertz CT molecular complexity index is 1010. The molecule has 0 spiro atoms. The van der Waals surface area contributed by atoms with Gasteiger partial charge < -0.3 is 15.4 Å².